The highest BCUT2D eigenvalue weighted by atomic mass is 16.5. The van der Waals surface area contributed by atoms with Gasteiger partial charge >= 0.3 is 6.03 Å². The number of nitrogens with zero attached hydrogens (tertiary/aromatic N) is 4. The predicted octanol–water partition coefficient (Wildman–Crippen LogP) is 7.77. The van der Waals surface area contributed by atoms with Gasteiger partial charge in [-0.2, -0.15) is 4.98 Å². The molecule has 2 aromatic heterocycles. The Morgan fingerprint density at radius 2 is 1.55 bits per heavy atom. The minimum absolute atomic E-state index is 0.360. The zero-order valence-electron chi connectivity index (χ0n) is 28.8. The number of pyridine rings is 1. The van der Waals surface area contributed by atoms with E-state index in [4.69, 9.17) is 14.5 Å². The van der Waals surface area contributed by atoms with Crippen LogP contribution in [0.3, 0.4) is 0 Å². The SMILES string of the molecule is C/C=C\C.CC.CCN(CC)CCCCNc1ncc2cc(-c3cc(OC)cc(OC)c3)c(NC(=O)NC(C)(C)C)nc2n1. The van der Waals surface area contributed by atoms with E-state index in [-0.39, 0.29) is 6.03 Å². The Morgan fingerprint density at radius 1 is 0.932 bits per heavy atom. The number of rotatable bonds is 12. The Balaban J connectivity index is 0.00000149. The Hall–Kier alpha value is -3.92. The van der Waals surface area contributed by atoms with Gasteiger partial charge < -0.3 is 25.0 Å². The average molecular weight is 610 g/mol. The first kappa shape index (κ1) is 38.1. The summed E-state index contributed by atoms with van der Waals surface area (Å²) in [5, 5.41) is 9.87. The van der Waals surface area contributed by atoms with Crippen LogP contribution in [0.25, 0.3) is 22.2 Å². The molecule has 0 radical (unpaired) electrons. The van der Waals surface area contributed by atoms with Crippen LogP contribution in [0.2, 0.25) is 0 Å². The van der Waals surface area contributed by atoms with Crippen LogP contribution in [0.15, 0.2) is 42.6 Å². The quantitative estimate of drug-likeness (QED) is 0.141. The van der Waals surface area contributed by atoms with E-state index in [0.717, 1.165) is 50.0 Å². The van der Waals surface area contributed by atoms with Gasteiger partial charge in [0.25, 0.3) is 0 Å². The highest BCUT2D eigenvalue weighted by molar-refractivity contribution is 5.96. The van der Waals surface area contributed by atoms with Gasteiger partial charge in [0.1, 0.15) is 17.3 Å². The Morgan fingerprint density at radius 3 is 2.07 bits per heavy atom. The van der Waals surface area contributed by atoms with Gasteiger partial charge in [0.05, 0.1) is 14.2 Å². The summed E-state index contributed by atoms with van der Waals surface area (Å²) in [5.74, 6) is 2.13. The maximum atomic E-state index is 12.8. The Bertz CT molecular complexity index is 1280. The van der Waals surface area contributed by atoms with Gasteiger partial charge in [0.15, 0.2) is 5.65 Å². The number of nitrogens with one attached hydrogen (secondary N) is 3. The molecular weight excluding hydrogens is 554 g/mol. The lowest BCUT2D eigenvalue weighted by atomic mass is 10.0. The molecular formula is C34H55N7O3. The number of anilines is 2. The van der Waals surface area contributed by atoms with Crippen molar-refractivity contribution in [2.75, 3.05) is 51.0 Å². The second kappa shape index (κ2) is 20.1. The number of ether oxygens (including phenoxy) is 2. The second-order valence-electron chi connectivity index (χ2n) is 10.7. The number of hydrogen-bond acceptors (Lipinski definition) is 8. The standard InChI is InChI=1S/C28H41N7O3.C4H8.C2H6/c1-8-35(9-2)13-11-10-12-29-26-30-18-20-16-23(19-14-21(37-6)17-22(15-19)38-7)25(31-24(20)32-26)33-27(36)34-28(3,4)5;1-3-4-2;1-2/h14-18H,8-13H2,1-7H3,(H3,29,30,31,32,33,34,36);3-4H,1-2H3;1-2H3/b;4-3-;. The monoisotopic (exact) mass is 609 g/mol. The van der Waals surface area contributed by atoms with Crippen LogP contribution in [-0.4, -0.2) is 71.8 Å². The van der Waals surface area contributed by atoms with Gasteiger partial charge in [-0.3, -0.25) is 5.32 Å². The van der Waals surface area contributed by atoms with Crippen molar-refractivity contribution in [2.24, 2.45) is 0 Å². The average Bonchev–Trinajstić information content (AvgIpc) is 3.02. The first-order valence-electron chi connectivity index (χ1n) is 15.6. The van der Waals surface area contributed by atoms with Crippen LogP contribution < -0.4 is 25.4 Å². The van der Waals surface area contributed by atoms with Gasteiger partial charge in [-0.1, -0.05) is 39.8 Å². The number of carbonyl (C=O) groups is 1. The molecule has 0 aliphatic rings. The van der Waals surface area contributed by atoms with Gasteiger partial charge in [0, 0.05) is 35.3 Å². The molecule has 3 aromatic rings. The fourth-order valence-electron chi connectivity index (χ4n) is 4.01. The minimum Gasteiger partial charge on any atom is -0.497 e. The molecule has 3 N–H and O–H groups in total. The summed E-state index contributed by atoms with van der Waals surface area (Å²) >= 11 is 0. The largest absolute Gasteiger partial charge is 0.497 e. The maximum absolute atomic E-state index is 12.8. The molecule has 3 rings (SSSR count). The van der Waals surface area contributed by atoms with Gasteiger partial charge in [0.2, 0.25) is 5.95 Å². The van der Waals surface area contributed by atoms with E-state index in [2.05, 4.69) is 44.7 Å². The van der Waals surface area contributed by atoms with Crippen molar-refractivity contribution in [1.29, 1.82) is 0 Å². The second-order valence-corrected chi connectivity index (χ2v) is 10.7. The highest BCUT2D eigenvalue weighted by Gasteiger charge is 2.18. The summed E-state index contributed by atoms with van der Waals surface area (Å²) in [7, 11) is 3.19. The van der Waals surface area contributed by atoms with E-state index >= 15 is 0 Å². The summed E-state index contributed by atoms with van der Waals surface area (Å²) in [6.07, 6.45) is 7.86. The fraction of sp³-hybridized carbons (Fsp3) is 0.529. The van der Waals surface area contributed by atoms with Gasteiger partial charge in [-0.05, 0) is 90.9 Å². The van der Waals surface area contributed by atoms with E-state index in [9.17, 15) is 4.79 Å². The third kappa shape index (κ3) is 13.2. The number of allylic oxidation sites excluding steroid dienone is 2. The molecule has 0 fully saturated rings. The molecule has 2 amide bonds. The van der Waals surface area contributed by atoms with Crippen molar-refractivity contribution in [3.8, 4) is 22.6 Å². The van der Waals surface area contributed by atoms with E-state index in [1.54, 1.807) is 26.5 Å². The van der Waals surface area contributed by atoms with Crippen LogP contribution in [0.5, 0.6) is 11.5 Å². The van der Waals surface area contributed by atoms with Crippen LogP contribution >= 0.6 is 0 Å². The molecule has 0 saturated heterocycles. The van der Waals surface area contributed by atoms with Crippen LogP contribution in [0.4, 0.5) is 16.6 Å². The van der Waals surface area contributed by atoms with Crippen molar-refractivity contribution in [3.05, 3.63) is 42.6 Å². The fourth-order valence-corrected chi connectivity index (χ4v) is 4.01. The topological polar surface area (TPSA) is 114 Å². The van der Waals surface area contributed by atoms with Crippen LogP contribution in [-0.2, 0) is 0 Å². The smallest absolute Gasteiger partial charge is 0.320 e. The summed E-state index contributed by atoms with van der Waals surface area (Å²) in [4.78, 5) is 29.1. The lowest BCUT2D eigenvalue weighted by Gasteiger charge is -2.21. The predicted molar refractivity (Wildman–Crippen MR) is 185 cm³/mol. The van der Waals surface area contributed by atoms with E-state index in [1.165, 1.54) is 0 Å². The Labute approximate surface area is 265 Å². The summed E-state index contributed by atoms with van der Waals surface area (Å²) in [5.41, 5.74) is 1.54. The van der Waals surface area contributed by atoms with Crippen molar-refractivity contribution in [1.82, 2.24) is 25.2 Å². The minimum atomic E-state index is -0.412. The lowest BCUT2D eigenvalue weighted by Crippen LogP contribution is -2.43. The first-order valence-corrected chi connectivity index (χ1v) is 15.6. The normalized spacial score (nSPS) is 10.9. The molecule has 1 aromatic carbocycles. The maximum Gasteiger partial charge on any atom is 0.320 e. The molecule has 0 unspecified atom stereocenters. The number of aromatic nitrogens is 3. The molecule has 244 valence electrons. The van der Waals surface area contributed by atoms with Crippen LogP contribution in [0.1, 0.15) is 75.2 Å². The zero-order valence-corrected chi connectivity index (χ0v) is 28.8. The summed E-state index contributed by atoms with van der Waals surface area (Å²) < 4.78 is 10.9. The number of benzene rings is 1. The third-order valence-electron chi connectivity index (χ3n) is 6.36. The van der Waals surface area contributed by atoms with Crippen molar-refractivity contribution in [2.45, 2.75) is 80.7 Å². The molecule has 0 saturated carbocycles. The lowest BCUT2D eigenvalue weighted by molar-refractivity contribution is 0.243. The number of hydrogen-bond donors (Lipinski definition) is 3. The van der Waals surface area contributed by atoms with Crippen molar-refractivity contribution in [3.63, 3.8) is 0 Å². The molecule has 2 heterocycles. The number of carbonyl (C=O) groups excluding carboxylic acids is 1. The summed E-state index contributed by atoms with van der Waals surface area (Å²) in [6.45, 7) is 22.1. The number of unbranched alkanes of at least 4 members (excludes halogenated alkanes) is 1. The van der Waals surface area contributed by atoms with Crippen molar-refractivity contribution >= 4 is 28.8 Å². The molecule has 10 nitrogen and oxygen atoms in total. The molecule has 10 heteroatoms. The molecule has 0 spiro atoms. The number of methoxy groups -OCH3 is 2. The van der Waals surface area contributed by atoms with Crippen LogP contribution in [0, 0.1) is 0 Å². The number of fused-ring (bicyclic) bond motifs is 1. The van der Waals surface area contributed by atoms with Crippen molar-refractivity contribution < 1.29 is 14.3 Å². The highest BCUT2D eigenvalue weighted by Crippen LogP contribution is 2.35. The summed E-state index contributed by atoms with van der Waals surface area (Å²) in [6, 6.07) is 7.08. The van der Waals surface area contributed by atoms with Gasteiger partial charge in [-0.15, -0.1) is 0 Å². The zero-order chi connectivity index (χ0) is 33.1. The molecule has 0 atom stereocenters. The molecule has 44 heavy (non-hydrogen) atoms. The van der Waals surface area contributed by atoms with Gasteiger partial charge in [-0.25, -0.2) is 14.8 Å². The number of urea groups is 1. The van der Waals surface area contributed by atoms with E-state index in [0.29, 0.717) is 34.5 Å². The Kier molecular flexibility index (Phi) is 17.4. The third-order valence-corrected chi connectivity index (χ3v) is 6.36. The molecule has 0 aliphatic carbocycles. The molecule has 0 bridgehead atoms. The number of amides is 2. The first-order chi connectivity index (χ1) is 21.1. The van der Waals surface area contributed by atoms with E-state index in [1.807, 2.05) is 78.8 Å². The van der Waals surface area contributed by atoms with E-state index < -0.39 is 5.54 Å². The molecule has 0 aliphatic heterocycles.